The van der Waals surface area contributed by atoms with Crippen LogP contribution in [0, 0.1) is 5.41 Å². The molecule has 0 heterocycles. The molecule has 0 atom stereocenters. The van der Waals surface area contributed by atoms with Crippen LogP contribution in [-0.4, -0.2) is 12.6 Å². The van der Waals surface area contributed by atoms with Crippen LogP contribution >= 0.6 is 34.8 Å². The molecular formula is C16H19Cl3O2. The third-order valence-electron chi connectivity index (χ3n) is 4.27. The van der Waals surface area contributed by atoms with Crippen molar-refractivity contribution in [1.82, 2.24) is 0 Å². The first kappa shape index (κ1) is 16.9. The van der Waals surface area contributed by atoms with Crippen LogP contribution in [0.15, 0.2) is 12.1 Å². The van der Waals surface area contributed by atoms with E-state index in [1.54, 1.807) is 0 Å². The highest BCUT2D eigenvalue weighted by atomic mass is 35.5. The van der Waals surface area contributed by atoms with Crippen molar-refractivity contribution in [2.75, 3.05) is 6.61 Å². The Morgan fingerprint density at radius 1 is 1.24 bits per heavy atom. The fraction of sp³-hybridized carbons (Fsp3) is 0.562. The molecule has 5 heteroatoms. The zero-order valence-corrected chi connectivity index (χ0v) is 14.3. The van der Waals surface area contributed by atoms with Gasteiger partial charge in [-0.3, -0.25) is 0 Å². The molecule has 1 aliphatic carbocycles. The molecular weight excluding hydrogens is 331 g/mol. The summed E-state index contributed by atoms with van der Waals surface area (Å²) in [6.07, 6.45) is 7.05. The Labute approximate surface area is 140 Å². The van der Waals surface area contributed by atoms with Crippen LogP contribution in [0.2, 0.25) is 15.1 Å². The van der Waals surface area contributed by atoms with Crippen LogP contribution in [0.1, 0.15) is 55.8 Å². The molecule has 2 nitrogen and oxygen atoms in total. The lowest BCUT2D eigenvalue weighted by Crippen LogP contribution is -2.31. The second kappa shape index (κ2) is 7.21. The molecule has 2 rings (SSSR count). The van der Waals surface area contributed by atoms with Gasteiger partial charge < -0.3 is 4.74 Å². The van der Waals surface area contributed by atoms with Crippen molar-refractivity contribution in [1.29, 1.82) is 0 Å². The number of esters is 1. The summed E-state index contributed by atoms with van der Waals surface area (Å²) >= 11 is 17.8. The zero-order valence-electron chi connectivity index (χ0n) is 12.1. The first-order valence-electron chi connectivity index (χ1n) is 7.29. The van der Waals surface area contributed by atoms with Gasteiger partial charge in [-0.05, 0) is 43.2 Å². The minimum atomic E-state index is -0.463. The van der Waals surface area contributed by atoms with Crippen molar-refractivity contribution < 1.29 is 9.53 Å². The molecule has 21 heavy (non-hydrogen) atoms. The molecule has 1 saturated carbocycles. The predicted octanol–water partition coefficient (Wildman–Crippen LogP) is 6.16. The average Bonchev–Trinajstić information content (AvgIpc) is 2.39. The number of hydrogen-bond donors (Lipinski definition) is 0. The molecule has 0 aliphatic heterocycles. The molecule has 1 aliphatic rings. The Bertz CT molecular complexity index is 524. The molecule has 0 bridgehead atoms. The Morgan fingerprint density at radius 2 is 1.95 bits per heavy atom. The minimum Gasteiger partial charge on any atom is -0.462 e. The van der Waals surface area contributed by atoms with E-state index in [1.807, 2.05) is 0 Å². The van der Waals surface area contributed by atoms with Crippen LogP contribution in [0.25, 0.3) is 0 Å². The summed E-state index contributed by atoms with van der Waals surface area (Å²) in [6, 6.07) is 3.00. The van der Waals surface area contributed by atoms with Gasteiger partial charge in [0.25, 0.3) is 0 Å². The fourth-order valence-corrected chi connectivity index (χ4v) is 3.65. The quantitative estimate of drug-likeness (QED) is 0.454. The van der Waals surface area contributed by atoms with Gasteiger partial charge in [0.15, 0.2) is 0 Å². The molecule has 0 saturated heterocycles. The van der Waals surface area contributed by atoms with Crippen molar-refractivity contribution >= 4 is 40.8 Å². The van der Waals surface area contributed by atoms with Crippen LogP contribution in [0.3, 0.4) is 0 Å². The summed E-state index contributed by atoms with van der Waals surface area (Å²) in [6.45, 7) is 2.61. The topological polar surface area (TPSA) is 26.3 Å². The Hall–Kier alpha value is -0.440. The van der Waals surface area contributed by atoms with Gasteiger partial charge in [-0.15, -0.1) is 0 Å². The number of carbonyl (C=O) groups excluding carboxylic acids is 1. The molecule has 1 aromatic rings. The van der Waals surface area contributed by atoms with Crippen LogP contribution < -0.4 is 0 Å². The number of carbonyl (C=O) groups is 1. The summed E-state index contributed by atoms with van der Waals surface area (Å²) in [7, 11) is 0. The van der Waals surface area contributed by atoms with Crippen LogP contribution in [-0.2, 0) is 4.74 Å². The SMILES string of the molecule is CCCC1(CCOC(=O)c2cc(Cl)cc(Cl)c2Cl)CCC1. The average molecular weight is 350 g/mol. The van der Waals surface area contributed by atoms with E-state index < -0.39 is 5.97 Å². The van der Waals surface area contributed by atoms with Crippen LogP contribution in [0.5, 0.6) is 0 Å². The Kier molecular flexibility index (Phi) is 5.81. The maximum absolute atomic E-state index is 12.1. The molecule has 0 aromatic heterocycles. The van der Waals surface area contributed by atoms with E-state index in [-0.39, 0.29) is 15.6 Å². The maximum Gasteiger partial charge on any atom is 0.339 e. The van der Waals surface area contributed by atoms with Gasteiger partial charge in [-0.1, -0.05) is 54.6 Å². The van der Waals surface area contributed by atoms with E-state index in [0.717, 1.165) is 6.42 Å². The molecule has 116 valence electrons. The Balaban J connectivity index is 1.93. The lowest BCUT2D eigenvalue weighted by molar-refractivity contribution is 0.0308. The van der Waals surface area contributed by atoms with Gasteiger partial charge in [-0.2, -0.15) is 0 Å². The normalized spacial score (nSPS) is 16.4. The summed E-state index contributed by atoms with van der Waals surface area (Å²) in [5, 5.41) is 0.827. The maximum atomic E-state index is 12.1. The fourth-order valence-electron chi connectivity index (χ4n) is 2.97. The van der Waals surface area contributed by atoms with Gasteiger partial charge in [0, 0.05) is 5.02 Å². The summed E-state index contributed by atoms with van der Waals surface area (Å²) < 4.78 is 5.36. The van der Waals surface area contributed by atoms with Crippen molar-refractivity contribution in [3.05, 3.63) is 32.8 Å². The number of ether oxygens (including phenoxy) is 1. The smallest absolute Gasteiger partial charge is 0.339 e. The van der Waals surface area contributed by atoms with Crippen LogP contribution in [0.4, 0.5) is 0 Å². The second-order valence-corrected chi connectivity index (χ2v) is 6.96. The summed E-state index contributed by atoms with van der Waals surface area (Å²) in [5.41, 5.74) is 0.609. The first-order valence-corrected chi connectivity index (χ1v) is 8.42. The molecule has 0 spiro atoms. The van der Waals surface area contributed by atoms with E-state index in [0.29, 0.717) is 17.0 Å². The zero-order chi connectivity index (χ0) is 15.5. The lowest BCUT2D eigenvalue weighted by Gasteiger charge is -2.42. The minimum absolute atomic E-state index is 0.193. The largest absolute Gasteiger partial charge is 0.462 e. The van der Waals surface area contributed by atoms with Crippen molar-refractivity contribution in [3.8, 4) is 0 Å². The highest BCUT2D eigenvalue weighted by molar-refractivity contribution is 6.45. The van der Waals surface area contributed by atoms with E-state index in [1.165, 1.54) is 44.2 Å². The summed E-state index contributed by atoms with van der Waals surface area (Å²) in [4.78, 5) is 12.1. The van der Waals surface area contributed by atoms with Gasteiger partial charge in [0.1, 0.15) is 0 Å². The van der Waals surface area contributed by atoms with Crippen molar-refractivity contribution in [2.24, 2.45) is 5.41 Å². The van der Waals surface area contributed by atoms with Gasteiger partial charge >= 0.3 is 5.97 Å². The van der Waals surface area contributed by atoms with E-state index in [4.69, 9.17) is 39.5 Å². The van der Waals surface area contributed by atoms with Gasteiger partial charge in [-0.25, -0.2) is 4.79 Å². The molecule has 1 fully saturated rings. The van der Waals surface area contributed by atoms with E-state index in [9.17, 15) is 4.79 Å². The van der Waals surface area contributed by atoms with E-state index >= 15 is 0 Å². The highest BCUT2D eigenvalue weighted by Gasteiger charge is 2.35. The highest BCUT2D eigenvalue weighted by Crippen LogP contribution is 2.47. The third kappa shape index (κ3) is 4.06. The van der Waals surface area contributed by atoms with Gasteiger partial charge in [0.2, 0.25) is 0 Å². The third-order valence-corrected chi connectivity index (χ3v) is 5.29. The number of benzene rings is 1. The molecule has 0 N–H and O–H groups in total. The molecule has 1 aromatic carbocycles. The van der Waals surface area contributed by atoms with Crippen molar-refractivity contribution in [3.63, 3.8) is 0 Å². The molecule has 0 radical (unpaired) electrons. The lowest BCUT2D eigenvalue weighted by atomic mass is 9.64. The second-order valence-electron chi connectivity index (χ2n) is 5.74. The number of rotatable bonds is 6. The molecule has 0 unspecified atom stereocenters. The number of halogens is 3. The van der Waals surface area contributed by atoms with Crippen molar-refractivity contribution in [2.45, 2.75) is 45.4 Å². The van der Waals surface area contributed by atoms with E-state index in [2.05, 4.69) is 6.92 Å². The standard InChI is InChI=1S/C16H19Cl3O2/c1-2-4-16(5-3-6-16)7-8-21-15(20)12-9-11(17)10-13(18)14(12)19/h9-10H,2-8H2,1H3. The van der Waals surface area contributed by atoms with Gasteiger partial charge in [0.05, 0.1) is 22.2 Å². The first-order chi connectivity index (χ1) is 9.97. The molecule has 0 amide bonds. The Morgan fingerprint density at radius 3 is 2.52 bits per heavy atom. The predicted molar refractivity (Wildman–Crippen MR) is 87.6 cm³/mol. The monoisotopic (exact) mass is 348 g/mol. The number of hydrogen-bond acceptors (Lipinski definition) is 2. The summed E-state index contributed by atoms with van der Waals surface area (Å²) in [5.74, 6) is -0.463.